The number of nitrogens with two attached hydrogens (primary N) is 1. The molecule has 2 rings (SSSR count). The van der Waals surface area contributed by atoms with Crippen molar-refractivity contribution < 1.29 is 27.5 Å². The van der Waals surface area contributed by atoms with Crippen molar-refractivity contribution in [2.45, 2.75) is 17.9 Å². The third kappa shape index (κ3) is 5.11. The van der Waals surface area contributed by atoms with Gasteiger partial charge in [0.15, 0.2) is 6.10 Å². The quantitative estimate of drug-likeness (QED) is 0.671. The molecule has 0 aliphatic heterocycles. The highest BCUT2D eigenvalue weighted by atomic mass is 35.5. The minimum Gasteiger partial charge on any atom is -0.495 e. The first-order valence-electron chi connectivity index (χ1n) is 7.61. The van der Waals surface area contributed by atoms with Gasteiger partial charge in [-0.2, -0.15) is 0 Å². The molecule has 8 nitrogen and oxygen atoms in total. The van der Waals surface area contributed by atoms with Crippen LogP contribution in [-0.2, 0) is 19.6 Å². The Morgan fingerprint density at radius 3 is 2.52 bits per heavy atom. The Bertz CT molecular complexity index is 977. The second-order valence-corrected chi connectivity index (χ2v) is 7.55. The molecule has 1 atom stereocenters. The van der Waals surface area contributed by atoms with Gasteiger partial charge in [-0.25, -0.2) is 13.2 Å². The first-order chi connectivity index (χ1) is 12.6. The summed E-state index contributed by atoms with van der Waals surface area (Å²) < 4.78 is 37.6. The van der Waals surface area contributed by atoms with Crippen LogP contribution in [-0.4, -0.2) is 33.5 Å². The Balaban J connectivity index is 2.31. The number of hydrogen-bond acceptors (Lipinski definition) is 6. The molecule has 3 N–H and O–H groups in total. The van der Waals surface area contributed by atoms with Crippen LogP contribution in [0.15, 0.2) is 47.4 Å². The zero-order chi connectivity index (χ0) is 20.2. The van der Waals surface area contributed by atoms with Gasteiger partial charge in [0, 0.05) is 5.02 Å². The number of primary amides is 1. The maximum absolute atomic E-state index is 12.7. The number of ether oxygens (including phenoxy) is 2. The third-order valence-corrected chi connectivity index (χ3v) is 5.07. The summed E-state index contributed by atoms with van der Waals surface area (Å²) in [7, 11) is -2.67. The molecular formula is C17H17ClN2O6S. The van der Waals surface area contributed by atoms with Gasteiger partial charge in [0.25, 0.3) is 15.9 Å². The summed E-state index contributed by atoms with van der Waals surface area (Å²) in [6.45, 7) is 1.31. The number of halogens is 1. The molecule has 2 aromatic carbocycles. The number of sulfonamides is 1. The van der Waals surface area contributed by atoms with E-state index in [0.29, 0.717) is 5.02 Å². The fraction of sp³-hybridized carbons (Fsp3) is 0.176. The molecule has 0 radical (unpaired) electrons. The summed E-state index contributed by atoms with van der Waals surface area (Å²) in [6, 6.07) is 9.60. The van der Waals surface area contributed by atoms with Crippen LogP contribution >= 0.6 is 11.6 Å². The van der Waals surface area contributed by atoms with Crippen molar-refractivity contribution in [1.29, 1.82) is 0 Å². The van der Waals surface area contributed by atoms with Crippen LogP contribution in [0.25, 0.3) is 0 Å². The highest BCUT2D eigenvalue weighted by Gasteiger charge is 2.21. The van der Waals surface area contributed by atoms with E-state index < -0.39 is 28.0 Å². The summed E-state index contributed by atoms with van der Waals surface area (Å²) in [4.78, 5) is 22.9. The number of methoxy groups -OCH3 is 1. The van der Waals surface area contributed by atoms with E-state index in [1.165, 1.54) is 44.4 Å². The van der Waals surface area contributed by atoms with Crippen molar-refractivity contribution in [3.05, 3.63) is 53.1 Å². The van der Waals surface area contributed by atoms with Gasteiger partial charge in [0.2, 0.25) is 0 Å². The van der Waals surface area contributed by atoms with Crippen molar-refractivity contribution in [1.82, 2.24) is 0 Å². The summed E-state index contributed by atoms with van der Waals surface area (Å²) in [5.41, 5.74) is 5.13. The maximum Gasteiger partial charge on any atom is 0.338 e. The number of nitrogens with one attached hydrogen (secondary N) is 1. The fourth-order valence-corrected chi connectivity index (χ4v) is 3.32. The van der Waals surface area contributed by atoms with E-state index in [1.54, 1.807) is 6.07 Å². The molecular weight excluding hydrogens is 396 g/mol. The number of rotatable bonds is 7. The Morgan fingerprint density at radius 1 is 1.19 bits per heavy atom. The fourth-order valence-electron chi connectivity index (χ4n) is 2.04. The predicted molar refractivity (Wildman–Crippen MR) is 99.3 cm³/mol. The van der Waals surface area contributed by atoms with Gasteiger partial charge in [-0.3, -0.25) is 9.52 Å². The zero-order valence-electron chi connectivity index (χ0n) is 14.4. The molecule has 0 spiro atoms. The average Bonchev–Trinajstić information content (AvgIpc) is 2.61. The summed E-state index contributed by atoms with van der Waals surface area (Å²) in [5, 5.41) is 0.311. The molecule has 0 heterocycles. The van der Waals surface area contributed by atoms with E-state index in [2.05, 4.69) is 4.72 Å². The van der Waals surface area contributed by atoms with Crippen molar-refractivity contribution in [2.75, 3.05) is 11.8 Å². The van der Waals surface area contributed by atoms with Crippen molar-refractivity contribution in [3.8, 4) is 5.75 Å². The average molecular weight is 413 g/mol. The largest absolute Gasteiger partial charge is 0.495 e. The van der Waals surface area contributed by atoms with E-state index in [4.69, 9.17) is 26.8 Å². The number of benzene rings is 2. The number of esters is 1. The number of amides is 1. The van der Waals surface area contributed by atoms with Gasteiger partial charge in [0.1, 0.15) is 5.75 Å². The lowest BCUT2D eigenvalue weighted by Gasteiger charge is -2.13. The van der Waals surface area contributed by atoms with Crippen LogP contribution in [0.2, 0.25) is 5.02 Å². The summed E-state index contributed by atoms with van der Waals surface area (Å²) in [5.74, 6) is -1.42. The molecule has 2 aromatic rings. The maximum atomic E-state index is 12.7. The van der Waals surface area contributed by atoms with Gasteiger partial charge in [-0.1, -0.05) is 17.7 Å². The predicted octanol–water partition coefficient (Wildman–Crippen LogP) is 2.18. The molecule has 1 amide bonds. The van der Waals surface area contributed by atoms with Crippen LogP contribution in [0, 0.1) is 0 Å². The highest BCUT2D eigenvalue weighted by molar-refractivity contribution is 7.92. The minimum absolute atomic E-state index is 0.0518. The van der Waals surface area contributed by atoms with Gasteiger partial charge in [0.05, 0.1) is 23.3 Å². The smallest absolute Gasteiger partial charge is 0.338 e. The van der Waals surface area contributed by atoms with Crippen LogP contribution in [0.5, 0.6) is 5.75 Å². The van der Waals surface area contributed by atoms with E-state index in [1.807, 2.05) is 0 Å². The lowest BCUT2D eigenvalue weighted by molar-refractivity contribution is -0.125. The molecule has 27 heavy (non-hydrogen) atoms. The Hall–Kier alpha value is -2.78. The molecule has 144 valence electrons. The summed E-state index contributed by atoms with van der Waals surface area (Å²) >= 11 is 5.90. The van der Waals surface area contributed by atoms with Gasteiger partial charge in [-0.15, -0.1) is 0 Å². The molecule has 0 fully saturated rings. The molecule has 0 bridgehead atoms. The molecule has 0 aliphatic carbocycles. The van der Waals surface area contributed by atoms with Gasteiger partial charge in [-0.05, 0) is 43.3 Å². The number of carbonyl (C=O) groups excluding carboxylic acids is 2. The topological polar surface area (TPSA) is 125 Å². The van der Waals surface area contributed by atoms with Crippen LogP contribution in [0.1, 0.15) is 17.3 Å². The number of hydrogen-bond donors (Lipinski definition) is 2. The van der Waals surface area contributed by atoms with Gasteiger partial charge >= 0.3 is 5.97 Å². The first-order valence-corrected chi connectivity index (χ1v) is 9.47. The Morgan fingerprint density at radius 2 is 1.89 bits per heavy atom. The zero-order valence-corrected chi connectivity index (χ0v) is 16.0. The molecule has 0 aromatic heterocycles. The first kappa shape index (κ1) is 20.5. The second-order valence-electron chi connectivity index (χ2n) is 5.43. The van der Waals surface area contributed by atoms with Crippen LogP contribution < -0.4 is 15.2 Å². The molecule has 10 heteroatoms. The molecule has 0 aliphatic rings. The standard InChI is InChI=1S/C17H17ClN2O6S/c1-10(16(19)21)26-17(22)11-4-3-5-13(8-11)27(23,24)20-14-9-12(18)6-7-15(14)25-2/h3-10,20H,1-2H3,(H2,19,21)/t10-/m1/s1. The second kappa shape index (κ2) is 8.28. The lowest BCUT2D eigenvalue weighted by atomic mass is 10.2. The lowest BCUT2D eigenvalue weighted by Crippen LogP contribution is -2.30. The number of carbonyl (C=O) groups is 2. The molecule has 0 saturated carbocycles. The van der Waals surface area contributed by atoms with Crippen molar-refractivity contribution in [2.24, 2.45) is 5.73 Å². The van der Waals surface area contributed by atoms with E-state index >= 15 is 0 Å². The molecule has 0 saturated heterocycles. The summed E-state index contributed by atoms with van der Waals surface area (Å²) in [6.07, 6.45) is -1.15. The van der Waals surface area contributed by atoms with Crippen molar-refractivity contribution >= 4 is 39.2 Å². The highest BCUT2D eigenvalue weighted by Crippen LogP contribution is 2.30. The van der Waals surface area contributed by atoms with E-state index in [-0.39, 0.29) is 21.9 Å². The van der Waals surface area contributed by atoms with Gasteiger partial charge < -0.3 is 15.2 Å². The van der Waals surface area contributed by atoms with E-state index in [0.717, 1.165) is 6.07 Å². The minimum atomic E-state index is -4.05. The molecule has 0 unspecified atom stereocenters. The Kier molecular flexibility index (Phi) is 6.29. The van der Waals surface area contributed by atoms with Crippen LogP contribution in [0.3, 0.4) is 0 Å². The SMILES string of the molecule is COc1ccc(Cl)cc1NS(=O)(=O)c1cccc(C(=O)O[C@H](C)C(N)=O)c1. The normalized spacial score (nSPS) is 12.1. The third-order valence-electron chi connectivity index (χ3n) is 3.47. The Labute approximate surface area is 161 Å². The number of anilines is 1. The van der Waals surface area contributed by atoms with Crippen LogP contribution in [0.4, 0.5) is 5.69 Å². The van der Waals surface area contributed by atoms with Crippen molar-refractivity contribution in [3.63, 3.8) is 0 Å². The monoisotopic (exact) mass is 412 g/mol. The van der Waals surface area contributed by atoms with E-state index in [9.17, 15) is 18.0 Å².